The SMILES string of the molecule is O=C(CN1CSCC1=O)NC[C@@H](O)COc1ccc(F)c(F)c1. The number of halogens is 2. The monoisotopic (exact) mass is 346 g/mol. The summed E-state index contributed by atoms with van der Waals surface area (Å²) < 4.78 is 30.8. The van der Waals surface area contributed by atoms with E-state index < -0.39 is 17.7 Å². The highest BCUT2D eigenvalue weighted by atomic mass is 32.2. The number of aliphatic hydroxyl groups excluding tert-OH is 1. The first-order valence-electron chi connectivity index (χ1n) is 6.84. The first-order valence-corrected chi connectivity index (χ1v) is 7.99. The van der Waals surface area contributed by atoms with Crippen LogP contribution in [0.1, 0.15) is 0 Å². The van der Waals surface area contributed by atoms with Gasteiger partial charge >= 0.3 is 0 Å². The van der Waals surface area contributed by atoms with Crippen molar-refractivity contribution in [1.29, 1.82) is 0 Å². The highest BCUT2D eigenvalue weighted by Gasteiger charge is 2.23. The summed E-state index contributed by atoms with van der Waals surface area (Å²) in [5.74, 6) is -1.57. The summed E-state index contributed by atoms with van der Waals surface area (Å²) in [5.41, 5.74) is 0. The average molecular weight is 346 g/mol. The standard InChI is InChI=1S/C14H16F2N2O4S/c15-11-2-1-10(3-12(11)16)22-6-9(19)4-17-13(20)5-18-8-23-7-14(18)21/h1-3,9,19H,4-8H2,(H,17,20)/t9-/m1/s1. The number of rotatable bonds is 7. The summed E-state index contributed by atoms with van der Waals surface area (Å²) in [6.45, 7) is -0.315. The van der Waals surface area contributed by atoms with Crippen molar-refractivity contribution in [2.24, 2.45) is 0 Å². The van der Waals surface area contributed by atoms with E-state index in [2.05, 4.69) is 5.32 Å². The van der Waals surface area contributed by atoms with Crippen molar-refractivity contribution < 1.29 is 28.2 Å². The van der Waals surface area contributed by atoms with Gasteiger partial charge in [0.15, 0.2) is 11.6 Å². The van der Waals surface area contributed by atoms with E-state index in [1.807, 2.05) is 0 Å². The Morgan fingerprint density at radius 3 is 2.87 bits per heavy atom. The van der Waals surface area contributed by atoms with Crippen molar-refractivity contribution in [2.45, 2.75) is 6.10 Å². The molecule has 2 rings (SSSR count). The molecule has 1 atom stereocenters. The molecule has 0 aromatic heterocycles. The predicted octanol–water partition coefficient (Wildman–Crippen LogP) is 0.354. The lowest BCUT2D eigenvalue weighted by Gasteiger charge is -2.16. The molecule has 1 aliphatic rings. The van der Waals surface area contributed by atoms with E-state index in [9.17, 15) is 23.5 Å². The molecule has 1 heterocycles. The second-order valence-corrected chi connectivity index (χ2v) is 5.87. The Hall–Kier alpha value is -1.87. The third-order valence-corrected chi connectivity index (χ3v) is 3.97. The molecule has 1 fully saturated rings. The highest BCUT2D eigenvalue weighted by Crippen LogP contribution is 2.15. The number of carbonyl (C=O) groups is 2. The first-order chi connectivity index (χ1) is 11.0. The van der Waals surface area contributed by atoms with Gasteiger partial charge in [-0.15, -0.1) is 11.8 Å². The van der Waals surface area contributed by atoms with Crippen LogP contribution in [0, 0.1) is 11.6 Å². The van der Waals surface area contributed by atoms with Gasteiger partial charge in [0.05, 0.1) is 11.6 Å². The molecule has 2 amide bonds. The molecule has 23 heavy (non-hydrogen) atoms. The molecule has 0 spiro atoms. The van der Waals surface area contributed by atoms with Gasteiger partial charge in [-0.3, -0.25) is 9.59 Å². The van der Waals surface area contributed by atoms with Crippen LogP contribution in [-0.4, -0.2) is 59.3 Å². The van der Waals surface area contributed by atoms with E-state index in [1.54, 1.807) is 0 Å². The Balaban J connectivity index is 1.68. The third kappa shape index (κ3) is 5.36. The van der Waals surface area contributed by atoms with Crippen LogP contribution < -0.4 is 10.1 Å². The van der Waals surface area contributed by atoms with E-state index in [0.717, 1.165) is 12.1 Å². The Bertz CT molecular complexity index is 588. The number of hydrogen-bond donors (Lipinski definition) is 2. The summed E-state index contributed by atoms with van der Waals surface area (Å²) in [5, 5.41) is 12.2. The van der Waals surface area contributed by atoms with Gasteiger partial charge in [-0.25, -0.2) is 8.78 Å². The number of thioether (sulfide) groups is 1. The molecule has 1 aliphatic heterocycles. The lowest BCUT2D eigenvalue weighted by molar-refractivity contribution is -0.132. The fraction of sp³-hybridized carbons (Fsp3) is 0.429. The molecule has 0 saturated carbocycles. The Labute approximate surface area is 135 Å². The van der Waals surface area contributed by atoms with Crippen LogP contribution in [0.5, 0.6) is 5.75 Å². The fourth-order valence-corrected chi connectivity index (χ4v) is 2.72. The van der Waals surface area contributed by atoms with Gasteiger partial charge in [0.25, 0.3) is 0 Å². The number of nitrogens with one attached hydrogen (secondary N) is 1. The largest absolute Gasteiger partial charge is 0.491 e. The van der Waals surface area contributed by atoms with Crippen LogP contribution in [0.2, 0.25) is 0 Å². The molecular formula is C14H16F2N2O4S. The van der Waals surface area contributed by atoms with Crippen molar-refractivity contribution >= 4 is 23.6 Å². The fourth-order valence-electron chi connectivity index (χ4n) is 1.82. The molecule has 2 N–H and O–H groups in total. The van der Waals surface area contributed by atoms with Gasteiger partial charge in [-0.05, 0) is 12.1 Å². The van der Waals surface area contributed by atoms with Crippen LogP contribution in [0.15, 0.2) is 18.2 Å². The van der Waals surface area contributed by atoms with Crippen molar-refractivity contribution in [3.63, 3.8) is 0 Å². The summed E-state index contributed by atoms with van der Waals surface area (Å²) in [4.78, 5) is 24.4. The molecule has 0 aliphatic carbocycles. The third-order valence-electron chi connectivity index (χ3n) is 3.03. The van der Waals surface area contributed by atoms with Gasteiger partial charge in [0.1, 0.15) is 25.0 Å². The zero-order valence-corrected chi connectivity index (χ0v) is 12.9. The summed E-state index contributed by atoms with van der Waals surface area (Å²) in [6, 6.07) is 3.03. The minimum Gasteiger partial charge on any atom is -0.491 e. The quantitative estimate of drug-likeness (QED) is 0.745. The molecule has 9 heteroatoms. The number of carbonyl (C=O) groups excluding carboxylic acids is 2. The average Bonchev–Trinajstić information content (AvgIpc) is 2.91. The normalized spacial score (nSPS) is 15.6. The van der Waals surface area contributed by atoms with E-state index in [4.69, 9.17) is 4.74 Å². The number of benzene rings is 1. The maximum atomic E-state index is 13.0. The van der Waals surface area contributed by atoms with E-state index >= 15 is 0 Å². The van der Waals surface area contributed by atoms with Gasteiger partial charge in [0, 0.05) is 12.6 Å². The van der Waals surface area contributed by atoms with Gasteiger partial charge in [-0.1, -0.05) is 0 Å². The van der Waals surface area contributed by atoms with Gasteiger partial charge in [0.2, 0.25) is 11.8 Å². The van der Waals surface area contributed by atoms with Crippen molar-refractivity contribution in [3.8, 4) is 5.75 Å². The molecular weight excluding hydrogens is 330 g/mol. The second-order valence-electron chi connectivity index (χ2n) is 4.91. The molecule has 6 nitrogen and oxygen atoms in total. The summed E-state index contributed by atoms with van der Waals surface area (Å²) >= 11 is 1.43. The second kappa shape index (κ2) is 8.11. The molecule has 126 valence electrons. The van der Waals surface area contributed by atoms with E-state index in [1.165, 1.54) is 22.7 Å². The molecule has 1 saturated heterocycles. The first kappa shape index (κ1) is 17.5. The molecule has 1 aromatic rings. The van der Waals surface area contributed by atoms with Crippen LogP contribution in [0.3, 0.4) is 0 Å². The lowest BCUT2D eigenvalue weighted by Crippen LogP contribution is -2.42. The zero-order valence-electron chi connectivity index (χ0n) is 12.1. The maximum absolute atomic E-state index is 13.0. The minimum atomic E-state index is -1.04. The molecule has 0 unspecified atom stereocenters. The van der Waals surface area contributed by atoms with Crippen LogP contribution in [0.4, 0.5) is 8.78 Å². The molecule has 0 radical (unpaired) electrons. The predicted molar refractivity (Wildman–Crippen MR) is 79.9 cm³/mol. The summed E-state index contributed by atoms with van der Waals surface area (Å²) in [7, 11) is 0. The Kier molecular flexibility index (Phi) is 6.17. The molecule has 1 aromatic carbocycles. The maximum Gasteiger partial charge on any atom is 0.239 e. The number of ether oxygens (including phenoxy) is 1. The van der Waals surface area contributed by atoms with Gasteiger partial charge < -0.3 is 20.1 Å². The lowest BCUT2D eigenvalue weighted by atomic mass is 10.3. The van der Waals surface area contributed by atoms with Crippen LogP contribution >= 0.6 is 11.8 Å². The minimum absolute atomic E-state index is 0.0530. The van der Waals surface area contributed by atoms with Crippen LogP contribution in [0.25, 0.3) is 0 Å². The number of hydrogen-bond acceptors (Lipinski definition) is 5. The van der Waals surface area contributed by atoms with E-state index in [0.29, 0.717) is 11.6 Å². The molecule has 0 bridgehead atoms. The number of nitrogens with zero attached hydrogens (tertiary/aromatic N) is 1. The number of amides is 2. The summed E-state index contributed by atoms with van der Waals surface area (Å²) in [6.07, 6.45) is -1.02. The van der Waals surface area contributed by atoms with Crippen LogP contribution in [-0.2, 0) is 9.59 Å². The van der Waals surface area contributed by atoms with Crippen molar-refractivity contribution in [3.05, 3.63) is 29.8 Å². The van der Waals surface area contributed by atoms with Crippen molar-refractivity contribution in [1.82, 2.24) is 10.2 Å². The zero-order chi connectivity index (χ0) is 16.8. The van der Waals surface area contributed by atoms with Gasteiger partial charge in [-0.2, -0.15) is 0 Å². The number of aliphatic hydroxyl groups is 1. The highest BCUT2D eigenvalue weighted by molar-refractivity contribution is 8.00. The Morgan fingerprint density at radius 2 is 2.22 bits per heavy atom. The van der Waals surface area contributed by atoms with Crippen molar-refractivity contribution in [2.75, 3.05) is 31.3 Å². The van der Waals surface area contributed by atoms with E-state index in [-0.39, 0.29) is 37.3 Å². The Morgan fingerprint density at radius 1 is 1.43 bits per heavy atom. The topological polar surface area (TPSA) is 78.9 Å². The smallest absolute Gasteiger partial charge is 0.239 e.